The van der Waals surface area contributed by atoms with Gasteiger partial charge in [-0.05, 0) is 25.1 Å². The van der Waals surface area contributed by atoms with Crippen molar-refractivity contribution in [2.75, 3.05) is 0 Å². The van der Waals surface area contributed by atoms with Gasteiger partial charge in [-0.25, -0.2) is 4.68 Å². The van der Waals surface area contributed by atoms with Crippen LogP contribution in [0.25, 0.3) is 10.8 Å². The summed E-state index contributed by atoms with van der Waals surface area (Å²) in [6.45, 7) is 1.85. The number of amides is 1. The predicted molar refractivity (Wildman–Crippen MR) is 86.0 cm³/mol. The van der Waals surface area contributed by atoms with E-state index in [4.69, 9.17) is 4.42 Å². The number of fused-ring (bicyclic) bond motifs is 1. The quantitative estimate of drug-likeness (QED) is 0.799. The van der Waals surface area contributed by atoms with E-state index in [0.717, 1.165) is 0 Å². The summed E-state index contributed by atoms with van der Waals surface area (Å²) in [5.41, 5.74) is 0.403. The van der Waals surface area contributed by atoms with Gasteiger partial charge in [-0.3, -0.25) is 9.59 Å². The van der Waals surface area contributed by atoms with Crippen LogP contribution in [-0.4, -0.2) is 15.7 Å². The minimum absolute atomic E-state index is 0.0969. The van der Waals surface area contributed by atoms with E-state index < -0.39 is 0 Å². The fraction of sp³-hybridized carbons (Fsp3) is 0.235. The summed E-state index contributed by atoms with van der Waals surface area (Å²) in [6.07, 6.45) is 1.67. The normalized spacial score (nSPS) is 12.3. The number of hydrogen-bond acceptors (Lipinski definition) is 4. The maximum Gasteiger partial charge on any atom is 0.274 e. The summed E-state index contributed by atoms with van der Waals surface area (Å²) < 4.78 is 6.54. The van der Waals surface area contributed by atoms with Crippen molar-refractivity contribution in [1.29, 1.82) is 0 Å². The van der Waals surface area contributed by atoms with E-state index in [-0.39, 0.29) is 23.9 Å². The third-order valence-corrected chi connectivity index (χ3v) is 3.71. The van der Waals surface area contributed by atoms with Crippen molar-refractivity contribution in [1.82, 2.24) is 15.1 Å². The molecule has 0 aliphatic rings. The number of benzene rings is 1. The van der Waals surface area contributed by atoms with Gasteiger partial charge in [0.25, 0.3) is 5.56 Å². The van der Waals surface area contributed by atoms with E-state index in [2.05, 4.69) is 10.4 Å². The first kappa shape index (κ1) is 15.0. The van der Waals surface area contributed by atoms with E-state index in [0.29, 0.717) is 22.2 Å². The maximum absolute atomic E-state index is 12.3. The molecule has 0 bridgehead atoms. The van der Waals surface area contributed by atoms with E-state index >= 15 is 0 Å². The number of nitrogens with one attached hydrogen (secondary N) is 1. The minimum Gasteiger partial charge on any atom is -0.467 e. The average Bonchev–Trinajstić information content (AvgIpc) is 3.07. The highest BCUT2D eigenvalue weighted by molar-refractivity contribution is 5.88. The number of carbonyl (C=O) groups is 1. The van der Waals surface area contributed by atoms with Gasteiger partial charge in [0.15, 0.2) is 0 Å². The van der Waals surface area contributed by atoms with Gasteiger partial charge in [-0.15, -0.1) is 0 Å². The maximum atomic E-state index is 12.3. The van der Waals surface area contributed by atoms with E-state index in [1.165, 1.54) is 4.68 Å². The Morgan fingerprint density at radius 3 is 2.70 bits per heavy atom. The molecular weight excluding hydrogens is 294 g/mol. The molecular formula is C17H17N3O3. The highest BCUT2D eigenvalue weighted by Crippen LogP contribution is 2.15. The van der Waals surface area contributed by atoms with Crippen molar-refractivity contribution in [3.05, 3.63) is 64.5 Å². The first-order valence-electron chi connectivity index (χ1n) is 7.34. The van der Waals surface area contributed by atoms with Crippen molar-refractivity contribution in [3.63, 3.8) is 0 Å². The van der Waals surface area contributed by atoms with Gasteiger partial charge in [0.05, 0.1) is 29.8 Å². The van der Waals surface area contributed by atoms with Crippen LogP contribution in [-0.2, 0) is 18.3 Å². The lowest BCUT2D eigenvalue weighted by Gasteiger charge is -2.12. The fourth-order valence-electron chi connectivity index (χ4n) is 2.56. The number of aryl methyl sites for hydroxylation is 1. The SMILES string of the molecule is C[C@H](NC(=O)Cc1nn(C)c(=O)c2ccccc12)c1ccco1. The molecule has 6 nitrogen and oxygen atoms in total. The Bertz CT molecular complexity index is 897. The molecule has 0 fully saturated rings. The molecule has 1 atom stereocenters. The zero-order valence-corrected chi connectivity index (χ0v) is 12.9. The fourth-order valence-corrected chi connectivity index (χ4v) is 2.56. The highest BCUT2D eigenvalue weighted by atomic mass is 16.3. The number of hydrogen-bond donors (Lipinski definition) is 1. The molecule has 0 radical (unpaired) electrons. The molecule has 6 heteroatoms. The molecule has 0 unspecified atom stereocenters. The molecule has 1 aromatic carbocycles. The summed E-state index contributed by atoms with van der Waals surface area (Å²) in [5, 5.41) is 8.37. The van der Waals surface area contributed by atoms with Crippen LogP contribution in [0.2, 0.25) is 0 Å². The Labute approximate surface area is 132 Å². The molecule has 118 valence electrons. The highest BCUT2D eigenvalue weighted by Gasteiger charge is 2.15. The van der Waals surface area contributed by atoms with E-state index in [9.17, 15) is 9.59 Å². The summed E-state index contributed by atoms with van der Waals surface area (Å²) in [4.78, 5) is 24.4. The van der Waals surface area contributed by atoms with Crippen LogP contribution >= 0.6 is 0 Å². The van der Waals surface area contributed by atoms with Gasteiger partial charge in [0, 0.05) is 12.4 Å². The Hall–Kier alpha value is -2.89. The molecule has 3 aromatic rings. The zero-order valence-electron chi connectivity index (χ0n) is 12.9. The van der Waals surface area contributed by atoms with Crippen molar-refractivity contribution in [3.8, 4) is 0 Å². The first-order chi connectivity index (χ1) is 11.1. The minimum atomic E-state index is -0.226. The largest absolute Gasteiger partial charge is 0.467 e. The summed E-state index contributed by atoms with van der Waals surface area (Å²) in [6, 6.07) is 10.5. The predicted octanol–water partition coefficient (Wildman–Crippen LogP) is 1.95. The molecule has 3 rings (SSSR count). The van der Waals surface area contributed by atoms with Crippen LogP contribution < -0.4 is 10.9 Å². The Morgan fingerprint density at radius 1 is 1.26 bits per heavy atom. The molecule has 1 N–H and O–H groups in total. The van der Waals surface area contributed by atoms with Gasteiger partial charge in [0.2, 0.25) is 5.91 Å². The van der Waals surface area contributed by atoms with Gasteiger partial charge < -0.3 is 9.73 Å². The molecule has 2 aromatic heterocycles. The zero-order chi connectivity index (χ0) is 16.4. The van der Waals surface area contributed by atoms with Gasteiger partial charge >= 0.3 is 0 Å². The van der Waals surface area contributed by atoms with Crippen molar-refractivity contribution in [2.45, 2.75) is 19.4 Å². The first-order valence-corrected chi connectivity index (χ1v) is 7.34. The standard InChI is InChI=1S/C17H17N3O3/c1-11(15-8-5-9-23-15)18-16(21)10-14-12-6-3-4-7-13(12)17(22)20(2)19-14/h3-9,11H,10H2,1-2H3,(H,18,21)/t11-/m0/s1. The van der Waals surface area contributed by atoms with Crippen LogP contribution in [0, 0.1) is 0 Å². The average molecular weight is 311 g/mol. The number of furan rings is 1. The Kier molecular flexibility index (Phi) is 3.97. The lowest BCUT2D eigenvalue weighted by molar-refractivity contribution is -0.121. The lowest BCUT2D eigenvalue weighted by atomic mass is 10.1. The summed E-state index contributed by atoms with van der Waals surface area (Å²) >= 11 is 0. The molecule has 0 aliphatic heterocycles. The third-order valence-electron chi connectivity index (χ3n) is 3.71. The van der Waals surface area contributed by atoms with Crippen molar-refractivity contribution in [2.24, 2.45) is 7.05 Å². The van der Waals surface area contributed by atoms with Crippen LogP contribution in [0.3, 0.4) is 0 Å². The number of aromatic nitrogens is 2. The summed E-state index contributed by atoms with van der Waals surface area (Å²) in [5.74, 6) is 0.516. The molecule has 0 spiro atoms. The molecule has 23 heavy (non-hydrogen) atoms. The lowest BCUT2D eigenvalue weighted by Crippen LogP contribution is -2.29. The second-order valence-electron chi connectivity index (χ2n) is 5.40. The van der Waals surface area contributed by atoms with Gasteiger partial charge in [0.1, 0.15) is 5.76 Å². The third kappa shape index (κ3) is 3.01. The topological polar surface area (TPSA) is 77.1 Å². The smallest absolute Gasteiger partial charge is 0.274 e. The Morgan fingerprint density at radius 2 is 2.00 bits per heavy atom. The molecule has 0 saturated carbocycles. The van der Waals surface area contributed by atoms with Crippen molar-refractivity contribution >= 4 is 16.7 Å². The van der Waals surface area contributed by atoms with Crippen LogP contribution in [0.15, 0.2) is 51.9 Å². The number of carbonyl (C=O) groups excluding carboxylic acids is 1. The van der Waals surface area contributed by atoms with Crippen LogP contribution in [0.1, 0.15) is 24.4 Å². The molecule has 2 heterocycles. The number of rotatable bonds is 4. The van der Waals surface area contributed by atoms with Gasteiger partial charge in [-0.1, -0.05) is 18.2 Å². The summed E-state index contributed by atoms with van der Waals surface area (Å²) in [7, 11) is 1.58. The Balaban J connectivity index is 1.85. The molecule has 0 saturated heterocycles. The van der Waals surface area contributed by atoms with Gasteiger partial charge in [-0.2, -0.15) is 5.10 Å². The van der Waals surface area contributed by atoms with Crippen LogP contribution in [0.4, 0.5) is 0 Å². The second kappa shape index (κ2) is 6.08. The van der Waals surface area contributed by atoms with Crippen molar-refractivity contribution < 1.29 is 9.21 Å². The molecule has 1 amide bonds. The monoisotopic (exact) mass is 311 g/mol. The van der Waals surface area contributed by atoms with E-state index in [1.54, 1.807) is 31.5 Å². The second-order valence-corrected chi connectivity index (χ2v) is 5.40. The number of nitrogens with zero attached hydrogens (tertiary/aromatic N) is 2. The molecule has 0 aliphatic carbocycles. The van der Waals surface area contributed by atoms with Crippen LogP contribution in [0.5, 0.6) is 0 Å². The van der Waals surface area contributed by atoms with E-state index in [1.807, 2.05) is 25.1 Å².